The molecule has 1 aromatic carbocycles. The molecule has 1 saturated carbocycles. The Morgan fingerprint density at radius 2 is 2.33 bits per heavy atom. The van der Waals surface area contributed by atoms with Gasteiger partial charge in [0.05, 0.1) is 18.2 Å². The summed E-state index contributed by atoms with van der Waals surface area (Å²) in [7, 11) is 0. The Kier molecular flexibility index (Phi) is 2.71. The van der Waals surface area contributed by atoms with E-state index in [0.29, 0.717) is 12.4 Å². The Hall–Kier alpha value is -2.34. The van der Waals surface area contributed by atoms with Gasteiger partial charge in [-0.1, -0.05) is 6.07 Å². The standard InChI is InChI=1S/C15H16N4O2/c1-9-3-4-13-10(7-9)17-15(21-13)18-11-8-12(20)14(11)19-6-2-5-16-19/h2-7,11-12,14,20H,8H2,1H3,(H,17,18)/t11-,12+,14+/m0/s1. The van der Waals surface area contributed by atoms with E-state index in [0.717, 1.165) is 16.7 Å². The lowest BCUT2D eigenvalue weighted by molar-refractivity contribution is 0.0127. The number of aryl methyl sites for hydroxylation is 1. The zero-order valence-corrected chi connectivity index (χ0v) is 11.6. The average molecular weight is 284 g/mol. The highest BCUT2D eigenvalue weighted by atomic mass is 16.4. The summed E-state index contributed by atoms with van der Waals surface area (Å²) in [5.74, 6) is 0. The molecule has 6 nitrogen and oxygen atoms in total. The zero-order valence-electron chi connectivity index (χ0n) is 11.6. The second-order valence-electron chi connectivity index (χ2n) is 5.52. The summed E-state index contributed by atoms with van der Waals surface area (Å²) in [5, 5.41) is 17.4. The molecule has 0 radical (unpaired) electrons. The molecular formula is C15H16N4O2. The predicted molar refractivity (Wildman–Crippen MR) is 78.0 cm³/mol. The summed E-state index contributed by atoms with van der Waals surface area (Å²) >= 11 is 0. The van der Waals surface area contributed by atoms with Gasteiger partial charge in [0.1, 0.15) is 5.52 Å². The quantitative estimate of drug-likeness (QED) is 0.770. The summed E-state index contributed by atoms with van der Waals surface area (Å²) in [5.41, 5.74) is 2.75. The molecule has 3 aromatic rings. The number of nitrogens with zero attached hydrogens (tertiary/aromatic N) is 3. The molecule has 108 valence electrons. The molecule has 4 rings (SSSR count). The van der Waals surface area contributed by atoms with Crippen molar-refractivity contribution in [3.05, 3.63) is 42.2 Å². The van der Waals surface area contributed by atoms with Crippen LogP contribution in [0.5, 0.6) is 0 Å². The van der Waals surface area contributed by atoms with E-state index in [9.17, 15) is 5.11 Å². The number of hydrogen-bond acceptors (Lipinski definition) is 5. The summed E-state index contributed by atoms with van der Waals surface area (Å²) in [6, 6.07) is 8.23. The van der Waals surface area contributed by atoms with Gasteiger partial charge >= 0.3 is 0 Å². The Morgan fingerprint density at radius 3 is 3.10 bits per heavy atom. The van der Waals surface area contributed by atoms with Crippen LogP contribution >= 0.6 is 0 Å². The van der Waals surface area contributed by atoms with E-state index < -0.39 is 6.10 Å². The van der Waals surface area contributed by atoms with E-state index in [1.165, 1.54) is 0 Å². The largest absolute Gasteiger partial charge is 0.424 e. The fourth-order valence-corrected chi connectivity index (χ4v) is 2.83. The number of aliphatic hydroxyl groups is 1. The molecule has 0 spiro atoms. The smallest absolute Gasteiger partial charge is 0.295 e. The molecule has 2 aromatic heterocycles. The fraction of sp³-hybridized carbons (Fsp3) is 0.333. The lowest BCUT2D eigenvalue weighted by atomic mass is 9.83. The fourth-order valence-electron chi connectivity index (χ4n) is 2.83. The first-order valence-corrected chi connectivity index (χ1v) is 7.01. The monoisotopic (exact) mass is 284 g/mol. The van der Waals surface area contributed by atoms with E-state index in [-0.39, 0.29) is 12.1 Å². The maximum absolute atomic E-state index is 9.95. The second-order valence-corrected chi connectivity index (χ2v) is 5.52. The minimum absolute atomic E-state index is 0.0639. The van der Waals surface area contributed by atoms with E-state index in [1.807, 2.05) is 37.4 Å². The molecule has 0 unspecified atom stereocenters. The number of aliphatic hydroxyl groups excluding tert-OH is 1. The molecule has 0 saturated heterocycles. The van der Waals surface area contributed by atoms with Crippen molar-refractivity contribution in [3.8, 4) is 0 Å². The molecule has 0 aliphatic heterocycles. The first-order chi connectivity index (χ1) is 10.2. The number of nitrogens with one attached hydrogen (secondary N) is 1. The number of oxazole rings is 1. The molecule has 0 bridgehead atoms. The summed E-state index contributed by atoms with van der Waals surface area (Å²) in [4.78, 5) is 4.45. The molecule has 2 heterocycles. The Balaban J connectivity index is 1.57. The van der Waals surface area contributed by atoms with E-state index in [2.05, 4.69) is 15.4 Å². The van der Waals surface area contributed by atoms with Gasteiger partial charge in [-0.3, -0.25) is 4.68 Å². The second kappa shape index (κ2) is 4.60. The molecule has 21 heavy (non-hydrogen) atoms. The van der Waals surface area contributed by atoms with Crippen LogP contribution < -0.4 is 5.32 Å². The first kappa shape index (κ1) is 12.4. The van der Waals surface area contributed by atoms with Gasteiger partial charge < -0.3 is 14.8 Å². The van der Waals surface area contributed by atoms with Crippen molar-refractivity contribution in [1.29, 1.82) is 0 Å². The highest BCUT2D eigenvalue weighted by molar-refractivity contribution is 5.75. The van der Waals surface area contributed by atoms with Gasteiger partial charge in [0.15, 0.2) is 5.58 Å². The number of fused-ring (bicyclic) bond motifs is 1. The van der Waals surface area contributed by atoms with Crippen LogP contribution in [0.1, 0.15) is 18.0 Å². The number of rotatable bonds is 3. The third-order valence-electron chi connectivity index (χ3n) is 3.98. The minimum Gasteiger partial charge on any atom is -0.424 e. The normalized spacial score (nSPS) is 25.0. The first-order valence-electron chi connectivity index (χ1n) is 7.01. The van der Waals surface area contributed by atoms with Crippen molar-refractivity contribution in [1.82, 2.24) is 14.8 Å². The van der Waals surface area contributed by atoms with Crippen LogP contribution in [0.25, 0.3) is 11.1 Å². The van der Waals surface area contributed by atoms with Crippen LogP contribution in [0.3, 0.4) is 0 Å². The molecule has 6 heteroatoms. The Bertz CT molecular complexity index is 765. The summed E-state index contributed by atoms with van der Waals surface area (Å²) in [6.45, 7) is 2.03. The van der Waals surface area contributed by atoms with Crippen LogP contribution in [0.15, 0.2) is 41.1 Å². The van der Waals surface area contributed by atoms with Gasteiger partial charge in [0.2, 0.25) is 0 Å². The number of anilines is 1. The average Bonchev–Trinajstić information content (AvgIpc) is 3.06. The lowest BCUT2D eigenvalue weighted by Gasteiger charge is -2.41. The zero-order chi connectivity index (χ0) is 14.4. The topological polar surface area (TPSA) is 76.1 Å². The molecule has 0 amide bonds. The van der Waals surface area contributed by atoms with Crippen LogP contribution in [0.4, 0.5) is 6.01 Å². The summed E-state index contributed by atoms with van der Waals surface area (Å²) in [6.07, 6.45) is 3.83. The summed E-state index contributed by atoms with van der Waals surface area (Å²) < 4.78 is 7.47. The molecule has 1 aliphatic carbocycles. The highest BCUT2D eigenvalue weighted by Crippen LogP contribution is 2.35. The number of aromatic nitrogens is 3. The van der Waals surface area contributed by atoms with Crippen LogP contribution in [0, 0.1) is 6.92 Å². The van der Waals surface area contributed by atoms with Crippen molar-refractivity contribution in [3.63, 3.8) is 0 Å². The van der Waals surface area contributed by atoms with Crippen LogP contribution in [-0.2, 0) is 0 Å². The molecule has 2 N–H and O–H groups in total. The highest BCUT2D eigenvalue weighted by Gasteiger charge is 2.42. The maximum Gasteiger partial charge on any atom is 0.295 e. The molecule has 1 fully saturated rings. The van der Waals surface area contributed by atoms with Gasteiger partial charge in [0, 0.05) is 12.4 Å². The Morgan fingerprint density at radius 1 is 1.43 bits per heavy atom. The molecule has 3 atom stereocenters. The molecular weight excluding hydrogens is 268 g/mol. The number of benzene rings is 1. The van der Waals surface area contributed by atoms with Gasteiger partial charge in [0.25, 0.3) is 6.01 Å². The lowest BCUT2D eigenvalue weighted by Crippen LogP contribution is -2.51. The number of hydrogen-bond donors (Lipinski definition) is 2. The minimum atomic E-state index is -0.394. The van der Waals surface area contributed by atoms with Crippen molar-refractivity contribution in [2.45, 2.75) is 31.5 Å². The van der Waals surface area contributed by atoms with Gasteiger partial charge in [-0.15, -0.1) is 0 Å². The molecule has 1 aliphatic rings. The van der Waals surface area contributed by atoms with Crippen molar-refractivity contribution in [2.75, 3.05) is 5.32 Å². The van der Waals surface area contributed by atoms with E-state index in [4.69, 9.17) is 4.42 Å². The SMILES string of the molecule is Cc1ccc2oc(N[C@H]3C[C@@H](O)[C@@H]3n3cccn3)nc2c1. The van der Waals surface area contributed by atoms with Crippen LogP contribution in [-0.4, -0.2) is 32.0 Å². The van der Waals surface area contributed by atoms with Crippen molar-refractivity contribution in [2.24, 2.45) is 0 Å². The third-order valence-corrected chi connectivity index (χ3v) is 3.98. The third kappa shape index (κ3) is 2.08. The van der Waals surface area contributed by atoms with E-state index >= 15 is 0 Å². The maximum atomic E-state index is 9.95. The van der Waals surface area contributed by atoms with Crippen LogP contribution in [0.2, 0.25) is 0 Å². The van der Waals surface area contributed by atoms with Gasteiger partial charge in [-0.25, -0.2) is 0 Å². The van der Waals surface area contributed by atoms with E-state index in [1.54, 1.807) is 10.9 Å². The van der Waals surface area contributed by atoms with Gasteiger partial charge in [-0.2, -0.15) is 10.1 Å². The van der Waals surface area contributed by atoms with Crippen molar-refractivity contribution < 1.29 is 9.52 Å². The van der Waals surface area contributed by atoms with Gasteiger partial charge in [-0.05, 0) is 37.1 Å². The van der Waals surface area contributed by atoms with Crippen molar-refractivity contribution >= 4 is 17.1 Å². The predicted octanol–water partition coefficient (Wildman–Crippen LogP) is 2.12. The Labute approximate surface area is 121 Å².